The summed E-state index contributed by atoms with van der Waals surface area (Å²) in [6, 6.07) is 0. The van der Waals surface area contributed by atoms with Gasteiger partial charge in [-0.2, -0.15) is 0 Å². The molecular formula is C4H5O3Y+2. The topological polar surface area (TPSA) is 43.4 Å². The van der Waals surface area contributed by atoms with Gasteiger partial charge < -0.3 is 9.53 Å². The fraction of sp³-hybridized carbons (Fsp3) is 0.500. The summed E-state index contributed by atoms with van der Waals surface area (Å²) in [7, 11) is 0. The van der Waals surface area contributed by atoms with Crippen molar-refractivity contribution in [3.8, 4) is 0 Å². The van der Waals surface area contributed by atoms with Crippen molar-refractivity contribution < 1.29 is 47.0 Å². The van der Waals surface area contributed by atoms with Gasteiger partial charge in [0.15, 0.2) is 0 Å². The monoisotopic (exact) mass is 190 g/mol. The molecule has 8 heavy (non-hydrogen) atoms. The number of hydrogen-bond donors (Lipinski definition) is 0. The first-order valence-corrected chi connectivity index (χ1v) is 1.75. The van der Waals surface area contributed by atoms with Crippen LogP contribution in [0.4, 0.5) is 0 Å². The van der Waals surface area contributed by atoms with E-state index in [1.54, 1.807) is 0 Å². The van der Waals surface area contributed by atoms with Crippen LogP contribution in [0.15, 0.2) is 0 Å². The molecule has 0 rings (SSSR count). The first-order valence-electron chi connectivity index (χ1n) is 1.75. The maximum Gasteiger partial charge on any atom is 3.00 e. The van der Waals surface area contributed by atoms with Crippen molar-refractivity contribution in [2.75, 3.05) is 6.61 Å². The summed E-state index contributed by atoms with van der Waals surface area (Å²) >= 11 is 0. The molecule has 0 saturated carbocycles. The zero-order valence-corrected chi connectivity index (χ0v) is 7.35. The number of hydrogen-bond acceptors (Lipinski definition) is 3. The third kappa shape index (κ3) is 9.53. The van der Waals surface area contributed by atoms with Crippen LogP contribution in [-0.4, -0.2) is 18.9 Å². The molecule has 0 atom stereocenters. The third-order valence-electron chi connectivity index (χ3n) is 0.334. The normalized spacial score (nSPS) is 6.62. The second kappa shape index (κ2) is 7.24. The molecule has 4 heteroatoms. The fourth-order valence-electron chi connectivity index (χ4n) is 0.131. The minimum absolute atomic E-state index is 0. The molecule has 0 aliphatic carbocycles. The molecule has 40 valence electrons. The van der Waals surface area contributed by atoms with Crippen LogP contribution in [-0.2, 0) is 47.0 Å². The van der Waals surface area contributed by atoms with Crippen molar-refractivity contribution >= 4 is 12.3 Å². The van der Waals surface area contributed by atoms with E-state index in [4.69, 9.17) is 0 Å². The average molecular weight is 190 g/mol. The molecule has 3 nitrogen and oxygen atoms in total. The molecule has 0 bridgehead atoms. The Hall–Kier alpha value is 0.244. The van der Waals surface area contributed by atoms with Crippen LogP contribution in [0.5, 0.6) is 0 Å². The van der Waals surface area contributed by atoms with Gasteiger partial charge in [-0.25, -0.2) is 6.29 Å². The van der Waals surface area contributed by atoms with E-state index in [9.17, 15) is 9.59 Å². The molecule has 0 spiro atoms. The van der Waals surface area contributed by atoms with Gasteiger partial charge in [0, 0.05) is 6.92 Å². The number of carbonyl (C=O) groups is 1. The van der Waals surface area contributed by atoms with Crippen molar-refractivity contribution in [1.29, 1.82) is 0 Å². The minimum Gasteiger partial charge on any atom is -0.539 e. The van der Waals surface area contributed by atoms with E-state index in [2.05, 4.69) is 4.74 Å². The smallest absolute Gasteiger partial charge is 0.539 e. The molecule has 0 aliphatic heterocycles. The van der Waals surface area contributed by atoms with E-state index in [0.29, 0.717) is 0 Å². The van der Waals surface area contributed by atoms with Crippen molar-refractivity contribution in [2.24, 2.45) is 0 Å². The van der Waals surface area contributed by atoms with Crippen molar-refractivity contribution in [3.05, 3.63) is 0 Å². The number of rotatable bonds is 2. The summed E-state index contributed by atoms with van der Waals surface area (Å²) in [5.41, 5.74) is 0. The molecule has 0 heterocycles. The van der Waals surface area contributed by atoms with Crippen LogP contribution < -0.4 is 0 Å². The summed E-state index contributed by atoms with van der Waals surface area (Å²) < 4.78 is 4.13. The second-order valence-corrected chi connectivity index (χ2v) is 0.925. The van der Waals surface area contributed by atoms with E-state index in [0.717, 1.165) is 0 Å². The maximum atomic E-state index is 9.80. The molecule has 0 aromatic heterocycles. The van der Waals surface area contributed by atoms with E-state index in [-0.39, 0.29) is 39.3 Å². The van der Waals surface area contributed by atoms with E-state index >= 15 is 0 Å². The van der Waals surface area contributed by atoms with Gasteiger partial charge in [-0.3, -0.25) is 4.79 Å². The van der Waals surface area contributed by atoms with Gasteiger partial charge in [0.05, 0.1) is 0 Å². The minimum atomic E-state index is -0.455. The van der Waals surface area contributed by atoms with Gasteiger partial charge in [-0.15, -0.1) is 0 Å². The van der Waals surface area contributed by atoms with Gasteiger partial charge in [0.25, 0.3) is 5.97 Å². The van der Waals surface area contributed by atoms with Crippen molar-refractivity contribution in [3.63, 3.8) is 0 Å². The van der Waals surface area contributed by atoms with Gasteiger partial charge in [-0.05, 0) is 6.61 Å². The summed E-state index contributed by atoms with van der Waals surface area (Å²) in [5.74, 6) is -0.455. The Morgan fingerprint density at radius 3 is 2.38 bits per heavy atom. The Bertz CT molecular complexity index is 81.4. The molecule has 0 aliphatic rings. The van der Waals surface area contributed by atoms with E-state index in [1.165, 1.54) is 13.2 Å². The van der Waals surface area contributed by atoms with Crippen LogP contribution >= 0.6 is 0 Å². The van der Waals surface area contributed by atoms with Gasteiger partial charge in [-0.1, -0.05) is 0 Å². The van der Waals surface area contributed by atoms with Crippen molar-refractivity contribution in [1.82, 2.24) is 0 Å². The SMILES string of the molecule is CC(=O)OC[C-]=O.[Y+3]. The Labute approximate surface area is 72.7 Å². The Kier molecular flexibility index (Phi) is 10.0. The molecule has 0 N–H and O–H groups in total. The zero-order chi connectivity index (χ0) is 5.70. The van der Waals surface area contributed by atoms with Crippen LogP contribution in [0.1, 0.15) is 6.92 Å². The number of ether oxygens (including phenoxy) is 1. The fourth-order valence-corrected chi connectivity index (χ4v) is 0.131. The molecule has 0 aromatic rings. The largest absolute Gasteiger partial charge is 3.00 e. The molecule has 0 radical (unpaired) electrons. The summed E-state index contributed by atoms with van der Waals surface area (Å²) in [6.07, 6.45) is 1.41. The first kappa shape index (κ1) is 11.1. The Morgan fingerprint density at radius 2 is 2.25 bits per heavy atom. The standard InChI is InChI=1S/C4H5O3.Y/c1-4(6)7-3-2-5;/h3H2,1H3;/q-1;+3. The third-order valence-corrected chi connectivity index (χ3v) is 0.334. The number of carbonyl (C=O) groups excluding carboxylic acids is 2. The molecule has 0 aromatic carbocycles. The predicted molar refractivity (Wildman–Crippen MR) is 22.3 cm³/mol. The first-order chi connectivity index (χ1) is 3.27. The van der Waals surface area contributed by atoms with Crippen LogP contribution in [0.25, 0.3) is 0 Å². The van der Waals surface area contributed by atoms with Crippen molar-refractivity contribution in [2.45, 2.75) is 6.92 Å². The summed E-state index contributed by atoms with van der Waals surface area (Å²) in [5, 5.41) is 0. The molecule has 0 unspecified atom stereocenters. The van der Waals surface area contributed by atoms with Gasteiger partial charge >= 0.3 is 32.7 Å². The van der Waals surface area contributed by atoms with E-state index < -0.39 is 5.97 Å². The van der Waals surface area contributed by atoms with Crippen LogP contribution in [0.3, 0.4) is 0 Å². The van der Waals surface area contributed by atoms with Gasteiger partial charge in [0.1, 0.15) is 0 Å². The Morgan fingerprint density at radius 1 is 1.75 bits per heavy atom. The molecule has 0 saturated heterocycles. The zero-order valence-electron chi connectivity index (χ0n) is 4.51. The molecule has 0 amide bonds. The predicted octanol–water partition coefficient (Wildman–Crippen LogP) is -0.343. The quantitative estimate of drug-likeness (QED) is 0.441. The average Bonchev–Trinajstić information content (AvgIpc) is 1.61. The maximum absolute atomic E-state index is 9.80. The second-order valence-electron chi connectivity index (χ2n) is 0.925. The van der Waals surface area contributed by atoms with E-state index in [1.807, 2.05) is 0 Å². The van der Waals surface area contributed by atoms with Crippen LogP contribution in [0, 0.1) is 0 Å². The van der Waals surface area contributed by atoms with Gasteiger partial charge in [0.2, 0.25) is 0 Å². The summed E-state index contributed by atoms with van der Waals surface area (Å²) in [4.78, 5) is 19.1. The Balaban J connectivity index is 0. The molecular weight excluding hydrogens is 185 g/mol. The molecule has 0 fully saturated rings. The summed E-state index contributed by atoms with van der Waals surface area (Å²) in [6.45, 7) is 0.979. The van der Waals surface area contributed by atoms with Crippen LogP contribution in [0.2, 0.25) is 0 Å². The number of esters is 1.